The van der Waals surface area contributed by atoms with Gasteiger partial charge in [0.2, 0.25) is 0 Å². The summed E-state index contributed by atoms with van der Waals surface area (Å²) in [6.45, 7) is 5.38. The van der Waals surface area contributed by atoms with Gasteiger partial charge in [0.25, 0.3) is 0 Å². The minimum absolute atomic E-state index is 0.607. The predicted octanol–water partition coefficient (Wildman–Crippen LogP) is 3.54. The molecule has 0 saturated carbocycles. The lowest BCUT2D eigenvalue weighted by molar-refractivity contribution is 0.462. The smallest absolute Gasteiger partial charge is 0.0690 e. The van der Waals surface area contributed by atoms with Gasteiger partial charge in [-0.25, -0.2) is 4.68 Å². The van der Waals surface area contributed by atoms with Crippen LogP contribution in [0.4, 0.5) is 0 Å². The van der Waals surface area contributed by atoms with Crippen LogP contribution in [0, 0.1) is 0 Å². The summed E-state index contributed by atoms with van der Waals surface area (Å²) in [6.07, 6.45) is 7.45. The van der Waals surface area contributed by atoms with Crippen LogP contribution in [0.3, 0.4) is 0 Å². The maximum atomic E-state index is 4.32. The first kappa shape index (κ1) is 13.8. The summed E-state index contributed by atoms with van der Waals surface area (Å²) in [4.78, 5) is 0. The van der Waals surface area contributed by atoms with Crippen LogP contribution in [0.5, 0.6) is 0 Å². The molecule has 1 atom stereocenters. The van der Waals surface area contributed by atoms with E-state index in [0.717, 1.165) is 12.2 Å². The van der Waals surface area contributed by atoms with Crippen LogP contribution in [0.15, 0.2) is 42.7 Å². The topological polar surface area (TPSA) is 29.9 Å². The fourth-order valence-electron chi connectivity index (χ4n) is 2.35. The highest BCUT2D eigenvalue weighted by Gasteiger charge is 2.07. The van der Waals surface area contributed by atoms with Gasteiger partial charge in [-0.3, -0.25) is 0 Å². The highest BCUT2D eigenvalue weighted by atomic mass is 15.3. The van der Waals surface area contributed by atoms with Crippen LogP contribution in [-0.2, 0) is 6.54 Å². The van der Waals surface area contributed by atoms with E-state index in [2.05, 4.69) is 48.5 Å². The molecule has 102 valence electrons. The molecule has 0 aliphatic rings. The summed E-state index contributed by atoms with van der Waals surface area (Å²) in [5.41, 5.74) is 2.45. The fourth-order valence-corrected chi connectivity index (χ4v) is 2.35. The first-order valence-electron chi connectivity index (χ1n) is 7.16. The number of hydrogen-bond donors (Lipinski definition) is 1. The molecule has 0 aliphatic carbocycles. The first-order chi connectivity index (χ1) is 9.35. The number of benzene rings is 1. The van der Waals surface area contributed by atoms with Crippen LogP contribution in [0.1, 0.15) is 38.7 Å². The lowest BCUT2D eigenvalue weighted by Gasteiger charge is -2.17. The summed E-state index contributed by atoms with van der Waals surface area (Å²) in [6, 6.07) is 11.0. The summed E-state index contributed by atoms with van der Waals surface area (Å²) in [5.74, 6) is 0. The van der Waals surface area contributed by atoms with E-state index in [4.69, 9.17) is 0 Å². The molecule has 2 aromatic rings. The molecular formula is C16H23N3. The molecule has 0 fully saturated rings. The molecule has 0 spiro atoms. The van der Waals surface area contributed by atoms with E-state index in [9.17, 15) is 0 Å². The largest absolute Gasteiger partial charge is 0.310 e. The normalized spacial score (nSPS) is 12.5. The van der Waals surface area contributed by atoms with Gasteiger partial charge in [0.05, 0.1) is 5.69 Å². The van der Waals surface area contributed by atoms with Crippen LogP contribution in [-0.4, -0.2) is 15.8 Å². The Morgan fingerprint density at radius 2 is 2.05 bits per heavy atom. The van der Waals surface area contributed by atoms with Crippen molar-refractivity contribution in [1.82, 2.24) is 15.1 Å². The van der Waals surface area contributed by atoms with Gasteiger partial charge in [0.15, 0.2) is 0 Å². The van der Waals surface area contributed by atoms with E-state index in [0.29, 0.717) is 6.04 Å². The van der Waals surface area contributed by atoms with E-state index in [1.807, 2.05) is 23.1 Å². The molecule has 0 amide bonds. The Hall–Kier alpha value is -1.61. The molecule has 3 heteroatoms. The van der Waals surface area contributed by atoms with Gasteiger partial charge in [-0.2, -0.15) is 5.10 Å². The van der Waals surface area contributed by atoms with Crippen LogP contribution >= 0.6 is 0 Å². The summed E-state index contributed by atoms with van der Waals surface area (Å²) < 4.78 is 1.93. The Balaban J connectivity index is 2.08. The molecule has 1 aromatic carbocycles. The van der Waals surface area contributed by atoms with E-state index >= 15 is 0 Å². The molecule has 0 aliphatic heterocycles. The van der Waals surface area contributed by atoms with Crippen molar-refractivity contribution in [1.29, 1.82) is 0 Å². The average molecular weight is 257 g/mol. The molecule has 1 aromatic heterocycles. The average Bonchev–Trinajstić information content (AvgIpc) is 2.98. The Morgan fingerprint density at radius 3 is 2.74 bits per heavy atom. The van der Waals surface area contributed by atoms with Gasteiger partial charge in [0, 0.05) is 25.0 Å². The zero-order valence-corrected chi connectivity index (χ0v) is 11.8. The summed E-state index contributed by atoms with van der Waals surface area (Å²) >= 11 is 0. The van der Waals surface area contributed by atoms with Crippen molar-refractivity contribution in [2.45, 2.75) is 45.7 Å². The fraction of sp³-hybridized carbons (Fsp3) is 0.438. The summed E-state index contributed by atoms with van der Waals surface area (Å²) in [7, 11) is 0. The van der Waals surface area contributed by atoms with Crippen LogP contribution in [0.25, 0.3) is 5.69 Å². The third-order valence-electron chi connectivity index (χ3n) is 3.45. The van der Waals surface area contributed by atoms with Gasteiger partial charge in [0.1, 0.15) is 0 Å². The maximum absolute atomic E-state index is 4.32. The highest BCUT2D eigenvalue weighted by Crippen LogP contribution is 2.14. The predicted molar refractivity (Wildman–Crippen MR) is 79.4 cm³/mol. The molecule has 3 nitrogen and oxygen atoms in total. The van der Waals surface area contributed by atoms with Gasteiger partial charge in [-0.15, -0.1) is 0 Å². The van der Waals surface area contributed by atoms with Crippen molar-refractivity contribution >= 4 is 0 Å². The standard InChI is InChI=1S/C16H23N3/c1-3-8-15(4-2)17-13-14-9-5-6-10-16(14)19-12-7-11-18-19/h5-7,9-12,15,17H,3-4,8,13H2,1-2H3. The van der Waals surface area contributed by atoms with Crippen molar-refractivity contribution in [2.75, 3.05) is 0 Å². The van der Waals surface area contributed by atoms with Crippen molar-refractivity contribution < 1.29 is 0 Å². The molecule has 0 radical (unpaired) electrons. The zero-order valence-electron chi connectivity index (χ0n) is 11.8. The van der Waals surface area contributed by atoms with E-state index in [1.165, 1.54) is 24.8 Å². The van der Waals surface area contributed by atoms with Crippen molar-refractivity contribution in [2.24, 2.45) is 0 Å². The molecule has 0 saturated heterocycles. The van der Waals surface area contributed by atoms with Crippen molar-refractivity contribution in [3.8, 4) is 5.69 Å². The molecule has 0 bridgehead atoms. The third kappa shape index (κ3) is 3.67. The van der Waals surface area contributed by atoms with Gasteiger partial charge in [-0.05, 0) is 30.5 Å². The quantitative estimate of drug-likeness (QED) is 0.822. The number of nitrogens with zero attached hydrogens (tertiary/aromatic N) is 2. The van der Waals surface area contributed by atoms with E-state index < -0.39 is 0 Å². The number of para-hydroxylation sites is 1. The van der Waals surface area contributed by atoms with Crippen molar-refractivity contribution in [3.63, 3.8) is 0 Å². The Bertz CT molecular complexity index is 476. The second-order valence-corrected chi connectivity index (χ2v) is 4.85. The van der Waals surface area contributed by atoms with Crippen LogP contribution in [0.2, 0.25) is 0 Å². The molecular weight excluding hydrogens is 234 g/mol. The number of aromatic nitrogens is 2. The first-order valence-corrected chi connectivity index (χ1v) is 7.16. The lowest BCUT2D eigenvalue weighted by Crippen LogP contribution is -2.28. The lowest BCUT2D eigenvalue weighted by atomic mass is 10.1. The Morgan fingerprint density at radius 1 is 1.21 bits per heavy atom. The minimum atomic E-state index is 0.607. The van der Waals surface area contributed by atoms with E-state index in [-0.39, 0.29) is 0 Å². The minimum Gasteiger partial charge on any atom is -0.310 e. The van der Waals surface area contributed by atoms with Gasteiger partial charge >= 0.3 is 0 Å². The second kappa shape index (κ2) is 7.10. The Labute approximate surface area is 115 Å². The SMILES string of the molecule is CCCC(CC)NCc1ccccc1-n1cccn1. The third-order valence-corrected chi connectivity index (χ3v) is 3.45. The van der Waals surface area contributed by atoms with E-state index in [1.54, 1.807) is 0 Å². The molecule has 2 rings (SSSR count). The number of rotatable bonds is 7. The Kier molecular flexibility index (Phi) is 5.16. The van der Waals surface area contributed by atoms with Crippen LogP contribution < -0.4 is 5.32 Å². The second-order valence-electron chi connectivity index (χ2n) is 4.85. The van der Waals surface area contributed by atoms with Gasteiger partial charge < -0.3 is 5.32 Å². The molecule has 1 N–H and O–H groups in total. The van der Waals surface area contributed by atoms with Gasteiger partial charge in [-0.1, -0.05) is 38.5 Å². The number of nitrogens with one attached hydrogen (secondary N) is 1. The number of hydrogen-bond acceptors (Lipinski definition) is 2. The molecule has 1 unspecified atom stereocenters. The summed E-state index contributed by atoms with van der Waals surface area (Å²) in [5, 5.41) is 7.97. The van der Waals surface area contributed by atoms with Crippen molar-refractivity contribution in [3.05, 3.63) is 48.3 Å². The molecule has 1 heterocycles. The zero-order chi connectivity index (χ0) is 13.5. The highest BCUT2D eigenvalue weighted by molar-refractivity contribution is 5.40. The maximum Gasteiger partial charge on any atom is 0.0690 e. The monoisotopic (exact) mass is 257 g/mol. The molecule has 19 heavy (non-hydrogen) atoms.